The first-order valence-corrected chi connectivity index (χ1v) is 23.0. The van der Waals surface area contributed by atoms with Crippen molar-refractivity contribution < 1.29 is 0 Å². The van der Waals surface area contributed by atoms with Gasteiger partial charge in [-0.15, -0.1) is 0 Å². The third-order valence-electron chi connectivity index (χ3n) is 12.3. The molecule has 0 spiro atoms. The van der Waals surface area contributed by atoms with Crippen molar-refractivity contribution in [2.75, 3.05) is 9.80 Å². The topological polar surface area (TPSA) is 6.48 Å². The molecule has 0 unspecified atom stereocenters. The Bertz CT molecular complexity index is 3070. The van der Waals surface area contributed by atoms with Crippen LogP contribution in [0.1, 0.15) is 0 Å². The average Bonchev–Trinajstić information content (AvgIpc) is 3.34. The number of hydrogen-bond donors (Lipinski definition) is 0. The lowest BCUT2D eigenvalue weighted by Crippen LogP contribution is -2.77. The highest BCUT2D eigenvalue weighted by atomic mass is 28.3. The van der Waals surface area contributed by atoms with Gasteiger partial charge in [0.15, 0.2) is 8.07 Å². The Morgan fingerprint density at radius 2 is 0.738 bits per heavy atom. The highest BCUT2D eigenvalue weighted by molar-refractivity contribution is 7.21. The number of rotatable bonds is 8. The summed E-state index contributed by atoms with van der Waals surface area (Å²) in [5.74, 6) is 0. The van der Waals surface area contributed by atoms with Gasteiger partial charge < -0.3 is 9.80 Å². The van der Waals surface area contributed by atoms with Crippen LogP contribution in [0.15, 0.2) is 255 Å². The van der Waals surface area contributed by atoms with Gasteiger partial charge in [0.2, 0.25) is 0 Å². The zero-order valence-electron chi connectivity index (χ0n) is 33.6. The molecule has 3 heteroatoms. The molecule has 11 rings (SSSR count). The molecule has 0 aliphatic carbocycles. The fraction of sp³-hybridized carbons (Fsp3) is 0. The van der Waals surface area contributed by atoms with E-state index >= 15 is 0 Å². The first kappa shape index (κ1) is 36.4. The molecule has 2 nitrogen and oxygen atoms in total. The molecule has 1 aliphatic heterocycles. The molecule has 10 aromatic carbocycles. The lowest BCUT2D eigenvalue weighted by molar-refractivity contribution is 1.28. The SMILES string of the molecule is c1ccc(N(c2ccc(-c3ccc4c(c3)N(c3ccccc3)c3ccccc3[Si]4(c3ccccc3)c3ccccc3)cc2)c2ccc(-c3ccc4ccccc4c3)cc2)cc1. The van der Waals surface area contributed by atoms with E-state index in [-0.39, 0.29) is 0 Å². The Kier molecular flexibility index (Phi) is 9.22. The molecule has 10 aromatic rings. The summed E-state index contributed by atoms with van der Waals surface area (Å²) in [5.41, 5.74) is 11.7. The van der Waals surface area contributed by atoms with Gasteiger partial charge in [-0.25, -0.2) is 0 Å². The number of para-hydroxylation sites is 3. The van der Waals surface area contributed by atoms with Gasteiger partial charge in [0.05, 0.1) is 0 Å². The van der Waals surface area contributed by atoms with Crippen molar-refractivity contribution in [3.05, 3.63) is 255 Å². The van der Waals surface area contributed by atoms with E-state index in [0.29, 0.717) is 0 Å². The van der Waals surface area contributed by atoms with Crippen LogP contribution in [0.3, 0.4) is 0 Å². The van der Waals surface area contributed by atoms with Crippen LogP contribution in [-0.2, 0) is 0 Å². The molecule has 0 aromatic heterocycles. The van der Waals surface area contributed by atoms with Crippen LogP contribution in [0.4, 0.5) is 34.1 Å². The van der Waals surface area contributed by atoms with Gasteiger partial charge in [0, 0.05) is 34.1 Å². The summed E-state index contributed by atoms with van der Waals surface area (Å²) in [7, 11) is -2.76. The number of nitrogens with zero attached hydrogens (tertiary/aromatic N) is 2. The lowest BCUT2D eigenvalue weighted by Gasteiger charge is -2.45. The molecule has 0 fully saturated rings. The molecule has 0 saturated carbocycles. The summed E-state index contributed by atoms with van der Waals surface area (Å²) >= 11 is 0. The highest BCUT2D eigenvalue weighted by Crippen LogP contribution is 2.41. The van der Waals surface area contributed by atoms with Crippen LogP contribution in [0.5, 0.6) is 0 Å². The van der Waals surface area contributed by atoms with Crippen LogP contribution in [0.2, 0.25) is 0 Å². The van der Waals surface area contributed by atoms with Crippen molar-refractivity contribution in [3.63, 3.8) is 0 Å². The zero-order valence-corrected chi connectivity index (χ0v) is 34.6. The van der Waals surface area contributed by atoms with Gasteiger partial charge in [-0.1, -0.05) is 188 Å². The maximum atomic E-state index is 2.48. The Morgan fingerprint density at radius 3 is 1.36 bits per heavy atom. The summed E-state index contributed by atoms with van der Waals surface area (Å²) in [4.78, 5) is 4.83. The van der Waals surface area contributed by atoms with Crippen LogP contribution in [0, 0.1) is 0 Å². The van der Waals surface area contributed by atoms with E-state index in [4.69, 9.17) is 0 Å². The predicted molar refractivity (Wildman–Crippen MR) is 261 cm³/mol. The van der Waals surface area contributed by atoms with Crippen molar-refractivity contribution >= 4 is 73.7 Å². The smallest absolute Gasteiger partial charge is 0.184 e. The minimum atomic E-state index is -2.76. The van der Waals surface area contributed by atoms with Crippen LogP contribution < -0.4 is 30.5 Å². The summed E-state index contributed by atoms with van der Waals surface area (Å²) < 4.78 is 0. The van der Waals surface area contributed by atoms with Gasteiger partial charge in [-0.3, -0.25) is 0 Å². The largest absolute Gasteiger partial charge is 0.311 e. The van der Waals surface area contributed by atoms with Gasteiger partial charge >= 0.3 is 0 Å². The van der Waals surface area contributed by atoms with Gasteiger partial charge in [-0.2, -0.15) is 0 Å². The van der Waals surface area contributed by atoms with E-state index in [0.717, 1.165) is 22.7 Å². The fourth-order valence-corrected chi connectivity index (χ4v) is 14.6. The van der Waals surface area contributed by atoms with Crippen LogP contribution >= 0.6 is 0 Å². The van der Waals surface area contributed by atoms with E-state index in [2.05, 4.69) is 265 Å². The number of fused-ring (bicyclic) bond motifs is 3. The minimum Gasteiger partial charge on any atom is -0.311 e. The molecule has 288 valence electrons. The summed E-state index contributed by atoms with van der Waals surface area (Å²) in [6.07, 6.45) is 0. The predicted octanol–water partition coefficient (Wildman–Crippen LogP) is 12.8. The van der Waals surface area contributed by atoms with Crippen molar-refractivity contribution in [1.29, 1.82) is 0 Å². The number of benzene rings is 10. The second-order valence-corrected chi connectivity index (χ2v) is 19.5. The van der Waals surface area contributed by atoms with Gasteiger partial charge in [0.25, 0.3) is 0 Å². The molecule has 1 heterocycles. The Balaban J connectivity index is 1.03. The molecular weight excluding hydrogens is 753 g/mol. The fourth-order valence-electron chi connectivity index (χ4n) is 9.49. The number of hydrogen-bond acceptors (Lipinski definition) is 2. The maximum absolute atomic E-state index is 2.76. The second-order valence-electron chi connectivity index (χ2n) is 15.7. The van der Waals surface area contributed by atoms with E-state index in [1.807, 2.05) is 0 Å². The third kappa shape index (κ3) is 6.35. The van der Waals surface area contributed by atoms with E-state index in [1.54, 1.807) is 0 Å². The van der Waals surface area contributed by atoms with Crippen molar-refractivity contribution in [1.82, 2.24) is 0 Å². The molecule has 61 heavy (non-hydrogen) atoms. The Morgan fingerprint density at radius 1 is 0.295 bits per heavy atom. The number of anilines is 6. The zero-order chi connectivity index (χ0) is 40.6. The standard InChI is InChI=1S/C58H42N2Si/c1-5-19-49(20-6-1)59(51-36-31-44(32-37-51)47-30-29-43-17-13-14-18-46(43)41-47)52-38-33-45(34-39-52)48-35-40-58-56(42-48)60(50-21-7-2-8-22-50)55-27-15-16-28-57(55)61(58,53-23-9-3-10-24-53)54-25-11-4-12-26-54/h1-42H. The first-order valence-electron chi connectivity index (χ1n) is 21.0. The molecule has 1 aliphatic rings. The van der Waals surface area contributed by atoms with E-state index < -0.39 is 8.07 Å². The Labute approximate surface area is 358 Å². The molecular formula is C58H42N2Si. The van der Waals surface area contributed by atoms with Crippen molar-refractivity contribution in [2.24, 2.45) is 0 Å². The quantitative estimate of drug-likeness (QED) is 0.141. The van der Waals surface area contributed by atoms with Gasteiger partial charge in [0.1, 0.15) is 0 Å². The molecule has 0 radical (unpaired) electrons. The van der Waals surface area contributed by atoms with Crippen LogP contribution in [-0.4, -0.2) is 8.07 Å². The van der Waals surface area contributed by atoms with E-state index in [1.165, 1.54) is 65.1 Å². The normalized spacial score (nSPS) is 12.7. The summed E-state index contributed by atoms with van der Waals surface area (Å²) in [6.45, 7) is 0. The highest BCUT2D eigenvalue weighted by Gasteiger charge is 2.48. The molecule has 0 amide bonds. The summed E-state index contributed by atoms with van der Waals surface area (Å²) in [5, 5.41) is 8.05. The second kappa shape index (κ2) is 15.5. The Hall–Kier alpha value is -7.72. The third-order valence-corrected chi connectivity index (χ3v) is 17.2. The first-order chi connectivity index (χ1) is 30.3. The maximum Gasteiger partial charge on any atom is 0.184 e. The van der Waals surface area contributed by atoms with Gasteiger partial charge in [-0.05, 0) is 121 Å². The monoisotopic (exact) mass is 794 g/mol. The molecule has 0 saturated heterocycles. The molecule has 0 N–H and O–H groups in total. The lowest BCUT2D eigenvalue weighted by atomic mass is 10.0. The average molecular weight is 795 g/mol. The molecule has 0 atom stereocenters. The van der Waals surface area contributed by atoms with Crippen molar-refractivity contribution in [3.8, 4) is 22.3 Å². The van der Waals surface area contributed by atoms with Crippen molar-refractivity contribution in [2.45, 2.75) is 0 Å². The minimum absolute atomic E-state index is 1.10. The van der Waals surface area contributed by atoms with Crippen LogP contribution in [0.25, 0.3) is 33.0 Å². The molecule has 0 bridgehead atoms. The van der Waals surface area contributed by atoms with E-state index in [9.17, 15) is 0 Å². The summed E-state index contributed by atoms with van der Waals surface area (Å²) in [6, 6.07) is 93.5.